The number of aromatic nitrogens is 2. The zero-order valence-corrected chi connectivity index (χ0v) is 13.9. The summed E-state index contributed by atoms with van der Waals surface area (Å²) in [5.41, 5.74) is 2.55. The zero-order valence-electron chi connectivity index (χ0n) is 11.6. The first-order chi connectivity index (χ1) is 9.29. The van der Waals surface area contributed by atoms with Crippen LogP contribution in [0.15, 0.2) is 48.7 Å². The van der Waals surface area contributed by atoms with Gasteiger partial charge < -0.3 is 4.57 Å². The van der Waals surface area contributed by atoms with E-state index in [9.17, 15) is 0 Å². The normalized spacial score (nSPS) is 12.1. The van der Waals surface area contributed by atoms with Gasteiger partial charge in [-0.3, -0.25) is 4.98 Å². The Morgan fingerprint density at radius 3 is 2.80 bits per heavy atom. The summed E-state index contributed by atoms with van der Waals surface area (Å²) in [6, 6.07) is 14.6. The molecule has 2 heterocycles. The SMILES string of the molecule is CCC(C)c1ccc2c(c[c-]n2-c2ccccn2)c1.[Pt]. The van der Waals surface area contributed by atoms with Crippen LogP contribution in [0.3, 0.4) is 0 Å². The van der Waals surface area contributed by atoms with E-state index in [1.165, 1.54) is 10.9 Å². The third kappa shape index (κ3) is 2.71. The van der Waals surface area contributed by atoms with Gasteiger partial charge in [-0.1, -0.05) is 55.4 Å². The summed E-state index contributed by atoms with van der Waals surface area (Å²) < 4.78 is 2.01. The second-order valence-electron chi connectivity index (χ2n) is 4.92. The number of pyridine rings is 1. The molecule has 0 aliphatic rings. The van der Waals surface area contributed by atoms with Crippen LogP contribution in [0.2, 0.25) is 0 Å². The van der Waals surface area contributed by atoms with Crippen LogP contribution in [-0.2, 0) is 21.1 Å². The van der Waals surface area contributed by atoms with Gasteiger partial charge in [0.2, 0.25) is 0 Å². The minimum atomic E-state index is 0. The van der Waals surface area contributed by atoms with Crippen molar-refractivity contribution in [2.75, 3.05) is 0 Å². The molecule has 0 N–H and O–H groups in total. The molecule has 3 rings (SSSR count). The average Bonchev–Trinajstić information content (AvgIpc) is 2.90. The Morgan fingerprint density at radius 1 is 1.25 bits per heavy atom. The van der Waals surface area contributed by atoms with Crippen molar-refractivity contribution < 1.29 is 21.1 Å². The summed E-state index contributed by atoms with van der Waals surface area (Å²) in [5, 5.41) is 1.23. The Bertz CT molecular complexity index is 689. The summed E-state index contributed by atoms with van der Waals surface area (Å²) in [4.78, 5) is 4.38. The predicted octanol–water partition coefficient (Wildman–Crippen LogP) is 4.34. The molecule has 3 heteroatoms. The number of fused-ring (bicyclic) bond motifs is 1. The van der Waals surface area contributed by atoms with Crippen molar-refractivity contribution in [1.82, 2.24) is 9.55 Å². The maximum absolute atomic E-state index is 4.38. The van der Waals surface area contributed by atoms with Crippen molar-refractivity contribution in [3.63, 3.8) is 0 Å². The molecule has 0 saturated carbocycles. The number of benzene rings is 1. The molecule has 2 aromatic heterocycles. The smallest absolute Gasteiger partial charge is 0.0540 e. The molecule has 3 aromatic rings. The van der Waals surface area contributed by atoms with Gasteiger partial charge in [0.1, 0.15) is 0 Å². The Labute approximate surface area is 134 Å². The minimum Gasteiger partial charge on any atom is -0.429 e. The van der Waals surface area contributed by atoms with Crippen LogP contribution < -0.4 is 0 Å². The molecule has 106 valence electrons. The first kappa shape index (κ1) is 15.0. The van der Waals surface area contributed by atoms with Gasteiger partial charge in [-0.15, -0.1) is 17.5 Å². The van der Waals surface area contributed by atoms with Crippen LogP contribution in [0.5, 0.6) is 0 Å². The van der Waals surface area contributed by atoms with Crippen LogP contribution in [0, 0.1) is 6.20 Å². The minimum absolute atomic E-state index is 0. The maximum atomic E-state index is 4.38. The van der Waals surface area contributed by atoms with Gasteiger partial charge in [-0.25, -0.2) is 0 Å². The molecule has 0 aliphatic heterocycles. The molecule has 1 unspecified atom stereocenters. The van der Waals surface area contributed by atoms with Crippen molar-refractivity contribution in [3.05, 3.63) is 60.4 Å². The maximum Gasteiger partial charge on any atom is 0.0540 e. The van der Waals surface area contributed by atoms with E-state index in [4.69, 9.17) is 0 Å². The zero-order chi connectivity index (χ0) is 13.2. The van der Waals surface area contributed by atoms with E-state index in [-0.39, 0.29) is 21.1 Å². The van der Waals surface area contributed by atoms with Gasteiger partial charge in [-0.05, 0) is 18.4 Å². The van der Waals surface area contributed by atoms with Gasteiger partial charge in [0, 0.05) is 27.3 Å². The molecule has 0 bridgehead atoms. The largest absolute Gasteiger partial charge is 0.429 e. The fourth-order valence-corrected chi connectivity index (χ4v) is 2.31. The topological polar surface area (TPSA) is 17.8 Å². The summed E-state index contributed by atoms with van der Waals surface area (Å²) in [5.74, 6) is 1.51. The second kappa shape index (κ2) is 6.37. The number of rotatable bonds is 3. The molecule has 0 spiro atoms. The summed E-state index contributed by atoms with van der Waals surface area (Å²) in [6.07, 6.45) is 6.24. The molecular formula is C17H17N2Pt-. The third-order valence-corrected chi connectivity index (χ3v) is 3.70. The third-order valence-electron chi connectivity index (χ3n) is 3.70. The molecule has 20 heavy (non-hydrogen) atoms. The van der Waals surface area contributed by atoms with E-state index in [1.807, 2.05) is 35.0 Å². The van der Waals surface area contributed by atoms with Gasteiger partial charge in [-0.2, -0.15) is 0 Å². The van der Waals surface area contributed by atoms with Crippen molar-refractivity contribution in [1.29, 1.82) is 0 Å². The first-order valence-electron chi connectivity index (χ1n) is 6.74. The quantitative estimate of drug-likeness (QED) is 0.550. The Balaban J connectivity index is 0.00000147. The van der Waals surface area contributed by atoms with Crippen LogP contribution in [0.4, 0.5) is 0 Å². The average molecular weight is 444 g/mol. The summed E-state index contributed by atoms with van der Waals surface area (Å²) in [7, 11) is 0. The van der Waals surface area contributed by atoms with Gasteiger partial charge in [0.05, 0.1) is 5.82 Å². The Morgan fingerprint density at radius 2 is 2.10 bits per heavy atom. The van der Waals surface area contributed by atoms with Crippen LogP contribution >= 0.6 is 0 Å². The second-order valence-corrected chi connectivity index (χ2v) is 4.92. The fourth-order valence-electron chi connectivity index (χ4n) is 2.31. The first-order valence-corrected chi connectivity index (χ1v) is 6.74. The van der Waals surface area contributed by atoms with Crippen molar-refractivity contribution in [2.24, 2.45) is 0 Å². The monoisotopic (exact) mass is 444 g/mol. The fraction of sp³-hybridized carbons (Fsp3) is 0.235. The van der Waals surface area contributed by atoms with Gasteiger partial charge in [0.25, 0.3) is 0 Å². The molecule has 0 radical (unpaired) electrons. The van der Waals surface area contributed by atoms with E-state index in [0.717, 1.165) is 17.8 Å². The van der Waals surface area contributed by atoms with E-state index in [0.29, 0.717) is 5.92 Å². The molecule has 1 aromatic carbocycles. The number of hydrogen-bond donors (Lipinski definition) is 0. The van der Waals surface area contributed by atoms with Crippen LogP contribution in [-0.4, -0.2) is 9.55 Å². The summed E-state index contributed by atoms with van der Waals surface area (Å²) in [6.45, 7) is 4.49. The van der Waals surface area contributed by atoms with E-state index < -0.39 is 0 Å². The molecule has 2 nitrogen and oxygen atoms in total. The van der Waals surface area contributed by atoms with E-state index >= 15 is 0 Å². The number of hydrogen-bond acceptors (Lipinski definition) is 1. The van der Waals surface area contributed by atoms with Crippen LogP contribution in [0.1, 0.15) is 31.7 Å². The molecule has 0 fully saturated rings. The Hall–Kier alpha value is -1.40. The van der Waals surface area contributed by atoms with Crippen molar-refractivity contribution in [2.45, 2.75) is 26.2 Å². The standard InChI is InChI=1S/C17H17N2.Pt/c1-3-13(2)14-7-8-16-15(12-14)9-11-19(16)17-6-4-5-10-18-17;/h4-10,12-13H,3H2,1-2H3;/q-1;. The van der Waals surface area contributed by atoms with E-state index in [1.54, 1.807) is 0 Å². The van der Waals surface area contributed by atoms with Gasteiger partial charge in [0.15, 0.2) is 0 Å². The molecule has 0 aliphatic carbocycles. The van der Waals surface area contributed by atoms with Crippen molar-refractivity contribution >= 4 is 10.9 Å². The molecule has 0 saturated heterocycles. The summed E-state index contributed by atoms with van der Waals surface area (Å²) >= 11 is 0. The van der Waals surface area contributed by atoms with E-state index in [2.05, 4.69) is 43.2 Å². The molecule has 0 amide bonds. The number of nitrogens with zero attached hydrogens (tertiary/aromatic N) is 2. The van der Waals surface area contributed by atoms with Crippen LogP contribution in [0.25, 0.3) is 16.7 Å². The Kier molecular flexibility index (Phi) is 4.77. The predicted molar refractivity (Wildman–Crippen MR) is 78.6 cm³/mol. The van der Waals surface area contributed by atoms with Crippen molar-refractivity contribution in [3.8, 4) is 5.82 Å². The molecular weight excluding hydrogens is 427 g/mol. The van der Waals surface area contributed by atoms with Gasteiger partial charge >= 0.3 is 0 Å². The molecule has 1 atom stereocenters.